The summed E-state index contributed by atoms with van der Waals surface area (Å²) in [6.07, 6.45) is 3.34. The fourth-order valence-corrected chi connectivity index (χ4v) is 2.09. The Morgan fingerprint density at radius 2 is 2.29 bits per heavy atom. The number of aliphatic hydroxyl groups is 1. The second-order valence-electron chi connectivity index (χ2n) is 4.42. The van der Waals surface area contributed by atoms with Gasteiger partial charge in [-0.2, -0.15) is 0 Å². The predicted octanol–water partition coefficient (Wildman–Crippen LogP) is 0.758. The van der Waals surface area contributed by atoms with Crippen LogP contribution in [0.1, 0.15) is 28.9 Å². The van der Waals surface area contributed by atoms with Crippen molar-refractivity contribution < 1.29 is 14.6 Å². The first-order chi connectivity index (χ1) is 8.19. The molecule has 1 fully saturated rings. The summed E-state index contributed by atoms with van der Waals surface area (Å²) in [6, 6.07) is 1.82. The molecule has 2 N–H and O–H groups in total. The fourth-order valence-electron chi connectivity index (χ4n) is 2.09. The second-order valence-corrected chi connectivity index (χ2v) is 4.42. The molecule has 0 spiro atoms. The van der Waals surface area contributed by atoms with Crippen molar-refractivity contribution in [3.05, 3.63) is 23.5 Å². The zero-order chi connectivity index (χ0) is 12.3. The minimum atomic E-state index is -0.342. The van der Waals surface area contributed by atoms with E-state index in [9.17, 15) is 9.90 Å². The van der Waals surface area contributed by atoms with Crippen molar-refractivity contribution in [1.82, 2.24) is 9.88 Å². The molecule has 0 bridgehead atoms. The lowest BCUT2D eigenvalue weighted by Gasteiger charge is -2.29. The van der Waals surface area contributed by atoms with Gasteiger partial charge in [0.2, 0.25) is 0 Å². The number of methoxy groups -OCH3 is 1. The van der Waals surface area contributed by atoms with E-state index < -0.39 is 0 Å². The first-order valence-corrected chi connectivity index (χ1v) is 5.85. The SMILES string of the molecule is COC(=O)c1cc(CN2CCC(O)CC2)c[nH]1. The molecule has 1 aliphatic heterocycles. The number of hydrogen-bond donors (Lipinski definition) is 2. The number of piperidine rings is 1. The third-order valence-electron chi connectivity index (χ3n) is 3.11. The van der Waals surface area contributed by atoms with Crippen LogP contribution in [0.15, 0.2) is 12.3 Å². The summed E-state index contributed by atoms with van der Waals surface area (Å²) in [6.45, 7) is 2.61. The maximum absolute atomic E-state index is 11.3. The average molecular weight is 238 g/mol. The van der Waals surface area contributed by atoms with Crippen LogP contribution in [0, 0.1) is 0 Å². The molecule has 2 rings (SSSR count). The summed E-state index contributed by atoms with van der Waals surface area (Å²) in [7, 11) is 1.37. The molecular formula is C12H18N2O3. The van der Waals surface area contributed by atoms with E-state index in [2.05, 4.69) is 14.6 Å². The number of aliphatic hydroxyl groups excluding tert-OH is 1. The van der Waals surface area contributed by atoms with Crippen LogP contribution in [-0.4, -0.2) is 47.3 Å². The van der Waals surface area contributed by atoms with Gasteiger partial charge in [0.25, 0.3) is 0 Å². The Balaban J connectivity index is 1.90. The van der Waals surface area contributed by atoms with E-state index in [4.69, 9.17) is 0 Å². The highest BCUT2D eigenvalue weighted by Crippen LogP contribution is 2.14. The first kappa shape index (κ1) is 12.1. The van der Waals surface area contributed by atoms with Gasteiger partial charge in [-0.1, -0.05) is 0 Å². The summed E-state index contributed by atoms with van der Waals surface area (Å²) in [5, 5.41) is 9.41. The standard InChI is InChI=1S/C12H18N2O3/c1-17-12(16)11-6-9(7-13-11)8-14-4-2-10(15)3-5-14/h6-7,10,13,15H,2-5,8H2,1H3. The Morgan fingerprint density at radius 1 is 1.59 bits per heavy atom. The van der Waals surface area contributed by atoms with Crippen LogP contribution in [0.2, 0.25) is 0 Å². The highest BCUT2D eigenvalue weighted by atomic mass is 16.5. The number of esters is 1. The van der Waals surface area contributed by atoms with Crippen LogP contribution >= 0.6 is 0 Å². The van der Waals surface area contributed by atoms with E-state index in [1.54, 1.807) is 0 Å². The van der Waals surface area contributed by atoms with Gasteiger partial charge in [-0.05, 0) is 24.5 Å². The zero-order valence-corrected chi connectivity index (χ0v) is 9.98. The lowest BCUT2D eigenvalue weighted by molar-refractivity contribution is 0.0595. The van der Waals surface area contributed by atoms with Gasteiger partial charge in [-0.15, -0.1) is 0 Å². The summed E-state index contributed by atoms with van der Waals surface area (Å²) in [5.41, 5.74) is 1.56. The van der Waals surface area contributed by atoms with E-state index in [0.717, 1.165) is 38.0 Å². The molecule has 5 heteroatoms. The molecule has 0 aliphatic carbocycles. The van der Waals surface area contributed by atoms with Crippen LogP contribution in [0.4, 0.5) is 0 Å². The van der Waals surface area contributed by atoms with Crippen LogP contribution < -0.4 is 0 Å². The van der Waals surface area contributed by atoms with E-state index >= 15 is 0 Å². The molecule has 0 unspecified atom stereocenters. The van der Waals surface area contributed by atoms with Gasteiger partial charge in [0, 0.05) is 25.8 Å². The van der Waals surface area contributed by atoms with Gasteiger partial charge in [0.05, 0.1) is 13.2 Å². The number of aromatic amines is 1. The maximum atomic E-state index is 11.3. The monoisotopic (exact) mass is 238 g/mol. The third kappa shape index (κ3) is 3.08. The number of H-pyrrole nitrogens is 1. The molecule has 0 amide bonds. The Bertz CT molecular complexity index is 381. The highest BCUT2D eigenvalue weighted by molar-refractivity contribution is 5.87. The Hall–Kier alpha value is -1.33. The first-order valence-electron chi connectivity index (χ1n) is 5.85. The smallest absolute Gasteiger partial charge is 0.354 e. The molecule has 94 valence electrons. The molecule has 1 aromatic rings. The number of carbonyl (C=O) groups excluding carboxylic acids is 1. The van der Waals surface area contributed by atoms with Crippen molar-refractivity contribution in [2.45, 2.75) is 25.5 Å². The van der Waals surface area contributed by atoms with Gasteiger partial charge in [-0.25, -0.2) is 4.79 Å². The lowest BCUT2D eigenvalue weighted by atomic mass is 10.1. The minimum absolute atomic E-state index is 0.150. The zero-order valence-electron chi connectivity index (χ0n) is 9.98. The number of nitrogens with zero attached hydrogens (tertiary/aromatic N) is 1. The van der Waals surface area contributed by atoms with Crippen molar-refractivity contribution in [2.24, 2.45) is 0 Å². The number of carbonyl (C=O) groups is 1. The predicted molar refractivity (Wildman–Crippen MR) is 62.7 cm³/mol. The van der Waals surface area contributed by atoms with E-state index in [-0.39, 0.29) is 12.1 Å². The van der Waals surface area contributed by atoms with E-state index in [1.165, 1.54) is 7.11 Å². The number of aromatic nitrogens is 1. The number of ether oxygens (including phenoxy) is 1. The number of nitrogens with one attached hydrogen (secondary N) is 1. The summed E-state index contributed by atoms with van der Waals surface area (Å²) < 4.78 is 4.64. The summed E-state index contributed by atoms with van der Waals surface area (Å²) in [5.74, 6) is -0.342. The quantitative estimate of drug-likeness (QED) is 0.763. The van der Waals surface area contributed by atoms with Crippen molar-refractivity contribution in [3.63, 3.8) is 0 Å². The molecule has 0 atom stereocenters. The van der Waals surface area contributed by atoms with Crippen molar-refractivity contribution in [1.29, 1.82) is 0 Å². The molecule has 1 saturated heterocycles. The Labute approximate surface area is 100 Å². The molecule has 0 radical (unpaired) electrons. The largest absolute Gasteiger partial charge is 0.464 e. The van der Waals surface area contributed by atoms with Gasteiger partial charge >= 0.3 is 5.97 Å². The second kappa shape index (κ2) is 5.33. The average Bonchev–Trinajstić information content (AvgIpc) is 2.80. The van der Waals surface area contributed by atoms with E-state index in [1.807, 2.05) is 12.3 Å². The van der Waals surface area contributed by atoms with Gasteiger partial charge < -0.3 is 14.8 Å². The number of rotatable bonds is 3. The minimum Gasteiger partial charge on any atom is -0.464 e. The Kier molecular flexibility index (Phi) is 3.81. The fraction of sp³-hybridized carbons (Fsp3) is 0.583. The van der Waals surface area contributed by atoms with Crippen LogP contribution in [0.5, 0.6) is 0 Å². The Morgan fingerprint density at radius 3 is 2.94 bits per heavy atom. The van der Waals surface area contributed by atoms with Crippen molar-refractivity contribution in [3.8, 4) is 0 Å². The van der Waals surface area contributed by atoms with Crippen molar-refractivity contribution >= 4 is 5.97 Å². The molecule has 17 heavy (non-hydrogen) atoms. The molecule has 5 nitrogen and oxygen atoms in total. The third-order valence-corrected chi connectivity index (χ3v) is 3.11. The van der Waals surface area contributed by atoms with Crippen molar-refractivity contribution in [2.75, 3.05) is 20.2 Å². The van der Waals surface area contributed by atoms with Gasteiger partial charge in [0.1, 0.15) is 5.69 Å². The molecular weight excluding hydrogens is 220 g/mol. The van der Waals surface area contributed by atoms with Crippen LogP contribution in [-0.2, 0) is 11.3 Å². The summed E-state index contributed by atoms with van der Waals surface area (Å²) in [4.78, 5) is 16.4. The molecule has 1 aromatic heterocycles. The molecule has 0 saturated carbocycles. The maximum Gasteiger partial charge on any atom is 0.354 e. The lowest BCUT2D eigenvalue weighted by Crippen LogP contribution is -2.35. The molecule has 1 aliphatic rings. The highest BCUT2D eigenvalue weighted by Gasteiger charge is 2.17. The van der Waals surface area contributed by atoms with E-state index in [0.29, 0.717) is 5.69 Å². The van der Waals surface area contributed by atoms with Gasteiger partial charge in [-0.3, -0.25) is 4.90 Å². The van der Waals surface area contributed by atoms with Crippen LogP contribution in [0.25, 0.3) is 0 Å². The van der Waals surface area contributed by atoms with Crippen LogP contribution in [0.3, 0.4) is 0 Å². The molecule has 2 heterocycles. The number of hydrogen-bond acceptors (Lipinski definition) is 4. The van der Waals surface area contributed by atoms with Gasteiger partial charge in [0.15, 0.2) is 0 Å². The normalized spacial score (nSPS) is 18.2. The topological polar surface area (TPSA) is 65.6 Å². The summed E-state index contributed by atoms with van der Waals surface area (Å²) >= 11 is 0. The molecule has 0 aromatic carbocycles. The number of likely N-dealkylation sites (tertiary alicyclic amines) is 1.